The molecule has 0 saturated carbocycles. The molecular weight excluding hydrogens is 402 g/mol. The quantitative estimate of drug-likeness (QED) is 0.630. The van der Waals surface area contributed by atoms with Crippen LogP contribution in [0.5, 0.6) is 0 Å². The number of nitrogens with zero attached hydrogens (tertiary/aromatic N) is 3. The highest BCUT2D eigenvalue weighted by Gasteiger charge is 2.29. The van der Waals surface area contributed by atoms with E-state index in [0.29, 0.717) is 12.2 Å². The van der Waals surface area contributed by atoms with Crippen molar-refractivity contribution in [3.63, 3.8) is 0 Å². The summed E-state index contributed by atoms with van der Waals surface area (Å²) in [6.45, 7) is 1.49. The molecule has 1 fully saturated rings. The third-order valence-corrected chi connectivity index (χ3v) is 6.41. The van der Waals surface area contributed by atoms with Gasteiger partial charge >= 0.3 is 0 Å². The molecule has 0 bridgehead atoms. The van der Waals surface area contributed by atoms with Crippen LogP contribution in [0.25, 0.3) is 5.69 Å². The van der Waals surface area contributed by atoms with Crippen LogP contribution in [0.1, 0.15) is 46.6 Å². The number of carbonyl (C=O) groups excluding carboxylic acids is 2. The van der Waals surface area contributed by atoms with Crippen molar-refractivity contribution in [1.82, 2.24) is 14.7 Å². The number of hydrogen-bond donors (Lipinski definition) is 2. The van der Waals surface area contributed by atoms with Gasteiger partial charge in [0, 0.05) is 23.5 Å². The van der Waals surface area contributed by atoms with Gasteiger partial charge in [-0.1, -0.05) is 30.3 Å². The highest BCUT2D eigenvalue weighted by atomic mass is 16.2. The number of aromatic nitrogens is 2. The second kappa shape index (κ2) is 8.59. The van der Waals surface area contributed by atoms with Gasteiger partial charge in [-0.15, -0.1) is 0 Å². The molecule has 3 aromatic rings. The molecule has 2 amide bonds. The van der Waals surface area contributed by atoms with E-state index in [1.165, 1.54) is 0 Å². The Kier molecular flexibility index (Phi) is 5.49. The Bertz CT molecular complexity index is 1150. The molecule has 32 heavy (non-hydrogen) atoms. The first-order valence-corrected chi connectivity index (χ1v) is 11.2. The number of rotatable bonds is 6. The first-order valence-electron chi connectivity index (χ1n) is 11.2. The van der Waals surface area contributed by atoms with Crippen molar-refractivity contribution in [3.8, 4) is 5.69 Å². The van der Waals surface area contributed by atoms with Crippen molar-refractivity contribution in [3.05, 3.63) is 77.1 Å². The van der Waals surface area contributed by atoms with E-state index in [9.17, 15) is 9.59 Å². The van der Waals surface area contributed by atoms with E-state index in [4.69, 9.17) is 5.73 Å². The first-order chi connectivity index (χ1) is 15.6. The van der Waals surface area contributed by atoms with Crippen LogP contribution < -0.4 is 11.1 Å². The van der Waals surface area contributed by atoms with Crippen molar-refractivity contribution in [1.29, 1.82) is 0 Å². The van der Waals surface area contributed by atoms with Gasteiger partial charge in [-0.05, 0) is 68.5 Å². The predicted octanol–water partition coefficient (Wildman–Crippen LogP) is 3.06. The summed E-state index contributed by atoms with van der Waals surface area (Å²) in [7, 11) is 0. The summed E-state index contributed by atoms with van der Waals surface area (Å²) in [6.07, 6.45) is 4.61. The largest absolute Gasteiger partial charge is 0.368 e. The molecule has 2 heterocycles. The minimum absolute atomic E-state index is 0.189. The van der Waals surface area contributed by atoms with Gasteiger partial charge in [0.2, 0.25) is 5.91 Å². The molecular formula is C25H27N5O2. The molecule has 164 valence electrons. The maximum Gasteiger partial charge on any atom is 0.276 e. The van der Waals surface area contributed by atoms with E-state index in [2.05, 4.69) is 15.3 Å². The number of nitrogens with one attached hydrogen (secondary N) is 1. The number of nitrogens with two attached hydrogens (primary N) is 1. The monoisotopic (exact) mass is 429 g/mol. The van der Waals surface area contributed by atoms with Crippen molar-refractivity contribution in [2.45, 2.75) is 44.7 Å². The number of carbonyl (C=O) groups is 2. The Morgan fingerprint density at radius 1 is 1.06 bits per heavy atom. The molecule has 1 saturated heterocycles. The molecule has 1 aliphatic heterocycles. The molecule has 0 radical (unpaired) electrons. The van der Waals surface area contributed by atoms with Crippen LogP contribution in [-0.4, -0.2) is 39.1 Å². The number of amides is 2. The SMILES string of the molecule is NC(=O)C1CCCN1Cc1cccc(NC(=O)c2nn(-c3ccccc3)c3c2CCC3)c1. The highest BCUT2D eigenvalue weighted by molar-refractivity contribution is 6.04. The predicted molar refractivity (Wildman–Crippen MR) is 123 cm³/mol. The number of likely N-dealkylation sites (tertiary alicyclic amines) is 1. The lowest BCUT2D eigenvalue weighted by Crippen LogP contribution is -2.39. The molecule has 1 aliphatic carbocycles. The fraction of sp³-hybridized carbons (Fsp3) is 0.320. The van der Waals surface area contributed by atoms with E-state index < -0.39 is 0 Å². The van der Waals surface area contributed by atoms with E-state index >= 15 is 0 Å². The van der Waals surface area contributed by atoms with E-state index in [-0.39, 0.29) is 17.9 Å². The van der Waals surface area contributed by atoms with Gasteiger partial charge in [-0.25, -0.2) is 4.68 Å². The van der Waals surface area contributed by atoms with Gasteiger partial charge in [-0.2, -0.15) is 5.10 Å². The molecule has 2 aromatic carbocycles. The number of para-hydroxylation sites is 1. The maximum absolute atomic E-state index is 13.2. The van der Waals surface area contributed by atoms with Crippen LogP contribution in [0.3, 0.4) is 0 Å². The third kappa shape index (κ3) is 3.91. The summed E-state index contributed by atoms with van der Waals surface area (Å²) in [4.78, 5) is 26.9. The summed E-state index contributed by atoms with van der Waals surface area (Å²) in [5, 5.41) is 7.71. The number of anilines is 1. The second-order valence-electron chi connectivity index (χ2n) is 8.56. The Morgan fingerprint density at radius 2 is 1.91 bits per heavy atom. The lowest BCUT2D eigenvalue weighted by molar-refractivity contribution is -0.122. The molecule has 1 unspecified atom stereocenters. The number of hydrogen-bond acceptors (Lipinski definition) is 4. The molecule has 0 spiro atoms. The Labute approximate surface area is 187 Å². The zero-order valence-electron chi connectivity index (χ0n) is 18.0. The summed E-state index contributed by atoms with van der Waals surface area (Å²) in [5.41, 5.74) is 11.0. The minimum atomic E-state index is -0.269. The Hall–Kier alpha value is -3.45. The molecule has 1 atom stereocenters. The topological polar surface area (TPSA) is 93.2 Å². The maximum atomic E-state index is 13.2. The van der Waals surface area contributed by atoms with Crippen molar-refractivity contribution in [2.75, 3.05) is 11.9 Å². The van der Waals surface area contributed by atoms with Crippen LogP contribution in [0.2, 0.25) is 0 Å². The summed E-state index contributed by atoms with van der Waals surface area (Å²) in [5.74, 6) is -0.457. The standard InChI is InChI=1S/C25H27N5O2/c26-24(31)22-13-6-14-29(22)16-17-7-4-8-18(15-17)27-25(32)23-20-11-5-12-21(20)30(28-23)19-9-2-1-3-10-19/h1-4,7-10,15,22H,5-6,11-14,16H2,(H2,26,31)(H,27,32). The normalized spacial score (nSPS) is 17.9. The Morgan fingerprint density at radius 3 is 2.72 bits per heavy atom. The van der Waals surface area contributed by atoms with Gasteiger partial charge in [-0.3, -0.25) is 14.5 Å². The van der Waals surface area contributed by atoms with Gasteiger partial charge in [0.25, 0.3) is 5.91 Å². The third-order valence-electron chi connectivity index (χ3n) is 6.41. The van der Waals surface area contributed by atoms with Crippen LogP contribution >= 0.6 is 0 Å². The first kappa shape index (κ1) is 20.5. The van der Waals surface area contributed by atoms with E-state index in [1.54, 1.807) is 0 Å². The van der Waals surface area contributed by atoms with Crippen LogP contribution in [-0.2, 0) is 24.2 Å². The van der Waals surface area contributed by atoms with Crippen LogP contribution in [0.4, 0.5) is 5.69 Å². The summed E-state index contributed by atoms with van der Waals surface area (Å²) >= 11 is 0. The average Bonchev–Trinajstić information content (AvgIpc) is 3.51. The van der Waals surface area contributed by atoms with Crippen LogP contribution in [0, 0.1) is 0 Å². The van der Waals surface area contributed by atoms with Gasteiger partial charge in [0.15, 0.2) is 5.69 Å². The summed E-state index contributed by atoms with van der Waals surface area (Å²) in [6, 6.07) is 17.5. The number of fused-ring (bicyclic) bond motifs is 1. The summed E-state index contributed by atoms with van der Waals surface area (Å²) < 4.78 is 1.91. The highest BCUT2D eigenvalue weighted by Crippen LogP contribution is 2.28. The van der Waals surface area contributed by atoms with E-state index in [0.717, 1.165) is 66.8 Å². The van der Waals surface area contributed by atoms with Crippen molar-refractivity contribution >= 4 is 17.5 Å². The number of primary amides is 1. The number of benzene rings is 2. The fourth-order valence-electron chi connectivity index (χ4n) is 4.91. The zero-order valence-corrected chi connectivity index (χ0v) is 18.0. The molecule has 7 heteroatoms. The second-order valence-corrected chi connectivity index (χ2v) is 8.56. The lowest BCUT2D eigenvalue weighted by atomic mass is 10.1. The molecule has 2 aliphatic rings. The molecule has 1 aromatic heterocycles. The van der Waals surface area contributed by atoms with Crippen LogP contribution in [0.15, 0.2) is 54.6 Å². The van der Waals surface area contributed by atoms with Crippen molar-refractivity contribution < 1.29 is 9.59 Å². The minimum Gasteiger partial charge on any atom is -0.368 e. The average molecular weight is 430 g/mol. The lowest BCUT2D eigenvalue weighted by Gasteiger charge is -2.22. The van der Waals surface area contributed by atoms with Gasteiger partial charge < -0.3 is 11.1 Å². The van der Waals surface area contributed by atoms with Gasteiger partial charge in [0.05, 0.1) is 11.7 Å². The van der Waals surface area contributed by atoms with Gasteiger partial charge in [0.1, 0.15) is 0 Å². The smallest absolute Gasteiger partial charge is 0.276 e. The zero-order chi connectivity index (χ0) is 22.1. The molecule has 7 nitrogen and oxygen atoms in total. The Balaban J connectivity index is 1.35. The van der Waals surface area contributed by atoms with Crippen molar-refractivity contribution in [2.24, 2.45) is 5.73 Å². The molecule has 5 rings (SSSR count). The molecule has 3 N–H and O–H groups in total. The van der Waals surface area contributed by atoms with E-state index in [1.807, 2.05) is 59.3 Å². The fourth-order valence-corrected chi connectivity index (χ4v) is 4.91.